The minimum Gasteiger partial charge on any atom is -0.291 e. The summed E-state index contributed by atoms with van der Waals surface area (Å²) in [5.74, 6) is -0.289. The van der Waals surface area contributed by atoms with Gasteiger partial charge in [-0.25, -0.2) is 0 Å². The van der Waals surface area contributed by atoms with Crippen molar-refractivity contribution in [3.63, 3.8) is 0 Å². The van der Waals surface area contributed by atoms with Crippen molar-refractivity contribution >= 4 is 28.2 Å². The van der Waals surface area contributed by atoms with E-state index in [2.05, 4.69) is 0 Å². The molecule has 13 heavy (non-hydrogen) atoms. The van der Waals surface area contributed by atoms with E-state index < -0.39 is 15.5 Å². The molecule has 2 nitrogen and oxygen atoms in total. The van der Waals surface area contributed by atoms with Crippen LogP contribution in [0.5, 0.6) is 0 Å². The van der Waals surface area contributed by atoms with Crippen LogP contribution in [0.4, 0.5) is 0 Å². The molecule has 0 saturated heterocycles. The number of carbonyl (C=O) groups excluding carboxylic acids is 1. The zero-order valence-electron chi connectivity index (χ0n) is 7.07. The van der Waals surface area contributed by atoms with E-state index in [1.807, 2.05) is 6.07 Å². The lowest BCUT2D eigenvalue weighted by atomic mass is 10.1. The van der Waals surface area contributed by atoms with Crippen LogP contribution in [0, 0.1) is 0 Å². The highest BCUT2D eigenvalue weighted by Gasteiger charge is 2.20. The number of hydrogen-bond donors (Lipinski definition) is 0. The zero-order valence-corrected chi connectivity index (χ0v) is 8.64. The third kappa shape index (κ3) is 2.64. The summed E-state index contributed by atoms with van der Waals surface area (Å²) < 4.78 is 9.97. The van der Waals surface area contributed by atoms with E-state index >= 15 is 0 Å². The van der Waals surface area contributed by atoms with E-state index in [9.17, 15) is 9.00 Å². The summed E-state index contributed by atoms with van der Waals surface area (Å²) in [6, 6.07) is 8.61. The minimum absolute atomic E-state index is 0.289. The summed E-state index contributed by atoms with van der Waals surface area (Å²) in [6.45, 7) is 0. The molecule has 0 N–H and O–H groups in total. The standard InChI is InChI=1S/C9H9ClO2S/c1-13(12)9(10)8(11)7-5-3-2-4-6-7/h2-6,9H,1H3. The number of carbonyl (C=O) groups is 1. The summed E-state index contributed by atoms with van der Waals surface area (Å²) in [5.41, 5.74) is 0.498. The summed E-state index contributed by atoms with van der Waals surface area (Å²) in [4.78, 5) is 11.5. The highest BCUT2D eigenvalue weighted by atomic mass is 35.5. The Morgan fingerprint density at radius 2 is 1.92 bits per heavy atom. The van der Waals surface area contributed by atoms with Crippen LogP contribution >= 0.6 is 11.6 Å². The van der Waals surface area contributed by atoms with Crippen molar-refractivity contribution < 1.29 is 9.00 Å². The van der Waals surface area contributed by atoms with E-state index in [1.165, 1.54) is 6.26 Å². The van der Waals surface area contributed by atoms with E-state index in [4.69, 9.17) is 11.6 Å². The lowest BCUT2D eigenvalue weighted by molar-refractivity contribution is 0.101. The molecular formula is C9H9ClO2S. The monoisotopic (exact) mass is 216 g/mol. The molecule has 70 valence electrons. The smallest absolute Gasteiger partial charge is 0.193 e. The lowest BCUT2D eigenvalue weighted by Crippen LogP contribution is -2.18. The molecule has 0 spiro atoms. The number of alkyl halides is 1. The lowest BCUT2D eigenvalue weighted by Gasteiger charge is -2.04. The first-order valence-electron chi connectivity index (χ1n) is 3.68. The van der Waals surface area contributed by atoms with E-state index in [0.717, 1.165) is 0 Å². The van der Waals surface area contributed by atoms with Crippen LogP contribution in [0.1, 0.15) is 10.4 Å². The van der Waals surface area contributed by atoms with E-state index in [0.29, 0.717) is 5.56 Å². The van der Waals surface area contributed by atoms with Crippen molar-refractivity contribution in [2.24, 2.45) is 0 Å². The molecular weight excluding hydrogens is 208 g/mol. The largest absolute Gasteiger partial charge is 0.291 e. The number of rotatable bonds is 3. The fourth-order valence-electron chi connectivity index (χ4n) is 0.884. The van der Waals surface area contributed by atoms with Gasteiger partial charge in [0, 0.05) is 22.6 Å². The highest BCUT2D eigenvalue weighted by Crippen LogP contribution is 2.10. The van der Waals surface area contributed by atoms with Gasteiger partial charge in [-0.1, -0.05) is 41.9 Å². The van der Waals surface area contributed by atoms with E-state index in [1.54, 1.807) is 24.3 Å². The molecule has 1 rings (SSSR count). The van der Waals surface area contributed by atoms with Gasteiger partial charge in [0.05, 0.1) is 0 Å². The van der Waals surface area contributed by atoms with Crippen LogP contribution < -0.4 is 0 Å². The third-order valence-corrected chi connectivity index (χ3v) is 3.30. The number of ketones is 1. The van der Waals surface area contributed by atoms with Gasteiger partial charge in [0.1, 0.15) is 0 Å². The predicted molar refractivity (Wildman–Crippen MR) is 54.5 cm³/mol. The van der Waals surface area contributed by atoms with E-state index in [-0.39, 0.29) is 5.78 Å². The molecule has 0 fully saturated rings. The molecule has 0 amide bonds. The van der Waals surface area contributed by atoms with Crippen molar-refractivity contribution in [1.29, 1.82) is 0 Å². The first-order chi connectivity index (χ1) is 6.13. The Labute approximate surface area is 84.4 Å². The van der Waals surface area contributed by atoms with Crippen molar-refractivity contribution in [1.82, 2.24) is 0 Å². The summed E-state index contributed by atoms with van der Waals surface area (Å²) in [6.07, 6.45) is 1.42. The number of halogens is 1. The third-order valence-electron chi connectivity index (χ3n) is 1.56. The van der Waals surface area contributed by atoms with Gasteiger partial charge in [-0.2, -0.15) is 0 Å². The fourth-order valence-corrected chi connectivity index (χ4v) is 1.45. The molecule has 0 aliphatic heterocycles. The molecule has 1 aromatic carbocycles. The topological polar surface area (TPSA) is 34.1 Å². The minimum atomic E-state index is -1.33. The average molecular weight is 217 g/mol. The number of hydrogen-bond acceptors (Lipinski definition) is 2. The molecule has 0 aliphatic rings. The van der Waals surface area contributed by atoms with Crippen molar-refractivity contribution in [3.05, 3.63) is 35.9 Å². The molecule has 1 aromatic rings. The highest BCUT2D eigenvalue weighted by molar-refractivity contribution is 7.87. The molecule has 0 heterocycles. The van der Waals surface area contributed by atoms with Crippen molar-refractivity contribution in [2.45, 2.75) is 4.71 Å². The second-order valence-corrected chi connectivity index (χ2v) is 4.71. The molecule has 0 radical (unpaired) electrons. The second-order valence-electron chi connectivity index (χ2n) is 2.54. The maximum atomic E-state index is 11.5. The molecule has 2 atom stereocenters. The summed E-state index contributed by atoms with van der Waals surface area (Å²) >= 11 is 5.65. The molecule has 0 saturated carbocycles. The van der Waals surface area contributed by atoms with Gasteiger partial charge < -0.3 is 0 Å². The fraction of sp³-hybridized carbons (Fsp3) is 0.222. The normalized spacial score (nSPS) is 14.9. The Hall–Kier alpha value is -0.670. The Balaban J connectivity index is 2.86. The number of Topliss-reactive ketones (excluding diaryl/α,β-unsaturated/α-hetero) is 1. The molecule has 4 heteroatoms. The maximum Gasteiger partial charge on any atom is 0.193 e. The van der Waals surface area contributed by atoms with Crippen LogP contribution in [0.15, 0.2) is 30.3 Å². The van der Waals surface area contributed by atoms with Crippen LogP contribution in [0.2, 0.25) is 0 Å². The molecule has 2 unspecified atom stereocenters. The summed E-state index contributed by atoms with van der Waals surface area (Å²) in [5, 5.41) is 0. The first kappa shape index (κ1) is 10.4. The summed E-state index contributed by atoms with van der Waals surface area (Å²) in [7, 11) is -1.33. The molecule has 0 bridgehead atoms. The van der Waals surface area contributed by atoms with Crippen molar-refractivity contribution in [2.75, 3.05) is 6.26 Å². The van der Waals surface area contributed by atoms with Crippen molar-refractivity contribution in [3.8, 4) is 0 Å². The van der Waals surface area contributed by atoms with Gasteiger partial charge in [0.2, 0.25) is 0 Å². The van der Waals surface area contributed by atoms with Crippen LogP contribution in [0.25, 0.3) is 0 Å². The van der Waals surface area contributed by atoms with Crippen LogP contribution in [-0.4, -0.2) is 21.0 Å². The van der Waals surface area contributed by atoms with Gasteiger partial charge in [-0.3, -0.25) is 9.00 Å². The SMILES string of the molecule is CS(=O)C(Cl)C(=O)c1ccccc1. The Morgan fingerprint density at radius 3 is 2.38 bits per heavy atom. The predicted octanol–water partition coefficient (Wildman–Crippen LogP) is 1.81. The zero-order chi connectivity index (χ0) is 9.84. The molecule has 0 aromatic heterocycles. The Morgan fingerprint density at radius 1 is 1.38 bits per heavy atom. The Bertz CT molecular complexity index is 324. The van der Waals surface area contributed by atoms with Gasteiger partial charge in [0.25, 0.3) is 0 Å². The average Bonchev–Trinajstić information content (AvgIpc) is 2.17. The van der Waals surface area contributed by atoms with Gasteiger partial charge in [-0.05, 0) is 0 Å². The van der Waals surface area contributed by atoms with Crippen LogP contribution in [0.3, 0.4) is 0 Å². The first-order valence-corrected chi connectivity index (χ1v) is 5.74. The van der Waals surface area contributed by atoms with Gasteiger partial charge >= 0.3 is 0 Å². The van der Waals surface area contributed by atoms with Gasteiger partial charge in [0.15, 0.2) is 10.5 Å². The second kappa shape index (κ2) is 4.53. The van der Waals surface area contributed by atoms with Gasteiger partial charge in [-0.15, -0.1) is 0 Å². The quantitative estimate of drug-likeness (QED) is 0.571. The maximum absolute atomic E-state index is 11.5. The van der Waals surface area contributed by atoms with Crippen LogP contribution in [-0.2, 0) is 10.8 Å². The number of benzene rings is 1. The Kier molecular flexibility index (Phi) is 3.63. The molecule has 0 aliphatic carbocycles.